The Morgan fingerprint density at radius 3 is 2.15 bits per heavy atom. The summed E-state index contributed by atoms with van der Waals surface area (Å²) in [6.07, 6.45) is -4.64. The fraction of sp³-hybridized carbons (Fsp3) is 0.105. The highest BCUT2D eigenvalue weighted by Gasteiger charge is 2.32. The molecule has 27 heavy (non-hydrogen) atoms. The molecule has 0 spiro atoms. The number of halogens is 3. The largest absolute Gasteiger partial charge is 0.416 e. The maximum absolute atomic E-state index is 13.1. The minimum Gasteiger partial charge on any atom is -0.304 e. The molecule has 1 aromatic heterocycles. The van der Waals surface area contributed by atoms with Crippen LogP contribution in [0.4, 0.5) is 18.9 Å². The fourth-order valence-electron chi connectivity index (χ4n) is 2.68. The van der Waals surface area contributed by atoms with Crippen LogP contribution in [0.3, 0.4) is 0 Å². The van der Waals surface area contributed by atoms with Crippen LogP contribution in [-0.4, -0.2) is 9.49 Å². The molecule has 1 heterocycles. The Kier molecular flexibility index (Phi) is 4.81. The van der Waals surface area contributed by atoms with Crippen LogP contribution in [0.1, 0.15) is 11.1 Å². The lowest BCUT2D eigenvalue weighted by Gasteiger charge is -2.16. The van der Waals surface area contributed by atoms with Gasteiger partial charge in [-0.05, 0) is 17.2 Å². The molecule has 0 aliphatic heterocycles. The lowest BCUT2D eigenvalue weighted by atomic mass is 10.1. The van der Waals surface area contributed by atoms with Gasteiger partial charge < -0.3 is 4.57 Å². The molecule has 0 aliphatic rings. The van der Waals surface area contributed by atoms with Crippen LogP contribution >= 0.6 is 0 Å². The highest BCUT2D eigenvalue weighted by molar-refractivity contribution is 5.60. The van der Waals surface area contributed by atoms with Crippen molar-refractivity contribution in [1.29, 1.82) is 0 Å². The summed E-state index contributed by atoms with van der Waals surface area (Å²) >= 11 is 0. The van der Waals surface area contributed by atoms with Gasteiger partial charge in [-0.25, -0.2) is 0 Å². The third kappa shape index (κ3) is 4.05. The summed E-state index contributed by atoms with van der Waals surface area (Å²) in [4.78, 5) is 22.6. The van der Waals surface area contributed by atoms with Gasteiger partial charge in [0.05, 0.1) is 22.7 Å². The van der Waals surface area contributed by atoms with E-state index in [1.807, 2.05) is 0 Å². The molecular weight excluding hydrogens is 361 g/mol. The van der Waals surface area contributed by atoms with Gasteiger partial charge in [-0.3, -0.25) is 14.9 Å². The SMILES string of the molecule is O=c1cc(C(F)(F)F)cc(-c2ccccc2)n1Cc1ccc([N+](=O)[O-])cc1. The summed E-state index contributed by atoms with van der Waals surface area (Å²) in [6, 6.07) is 15.3. The third-order valence-corrected chi connectivity index (χ3v) is 4.01. The average molecular weight is 374 g/mol. The van der Waals surface area contributed by atoms with E-state index in [0.717, 1.165) is 6.07 Å². The summed E-state index contributed by atoms with van der Waals surface area (Å²) in [6.45, 7) is -0.0147. The lowest BCUT2D eigenvalue weighted by molar-refractivity contribution is -0.384. The number of nitro groups is 1. The highest BCUT2D eigenvalue weighted by atomic mass is 19.4. The zero-order valence-electron chi connectivity index (χ0n) is 13.8. The van der Waals surface area contributed by atoms with Crippen molar-refractivity contribution < 1.29 is 18.1 Å². The van der Waals surface area contributed by atoms with Crippen molar-refractivity contribution in [3.05, 3.63) is 98.3 Å². The van der Waals surface area contributed by atoms with Gasteiger partial charge in [0.1, 0.15) is 0 Å². The van der Waals surface area contributed by atoms with E-state index in [2.05, 4.69) is 0 Å². The van der Waals surface area contributed by atoms with Crippen LogP contribution in [0.5, 0.6) is 0 Å². The number of aromatic nitrogens is 1. The van der Waals surface area contributed by atoms with Crippen molar-refractivity contribution >= 4 is 5.69 Å². The number of nitro benzene ring substituents is 1. The minimum atomic E-state index is -4.64. The maximum Gasteiger partial charge on any atom is 0.416 e. The second-order valence-electron chi connectivity index (χ2n) is 5.84. The number of non-ortho nitro benzene ring substituents is 1. The topological polar surface area (TPSA) is 65.1 Å². The Labute approximate surface area is 151 Å². The zero-order chi connectivity index (χ0) is 19.6. The first-order valence-corrected chi connectivity index (χ1v) is 7.86. The fourth-order valence-corrected chi connectivity index (χ4v) is 2.68. The Morgan fingerprint density at radius 2 is 1.59 bits per heavy atom. The van der Waals surface area contributed by atoms with E-state index in [1.54, 1.807) is 30.3 Å². The van der Waals surface area contributed by atoms with Crippen molar-refractivity contribution in [1.82, 2.24) is 4.57 Å². The molecule has 0 saturated carbocycles. The second-order valence-corrected chi connectivity index (χ2v) is 5.84. The molecule has 8 heteroatoms. The summed E-state index contributed by atoms with van der Waals surface area (Å²) in [5, 5.41) is 10.7. The van der Waals surface area contributed by atoms with Crippen molar-refractivity contribution in [2.45, 2.75) is 12.7 Å². The van der Waals surface area contributed by atoms with Gasteiger partial charge in [0, 0.05) is 18.2 Å². The molecule has 0 unspecified atom stereocenters. The average Bonchev–Trinajstić information content (AvgIpc) is 2.63. The Morgan fingerprint density at radius 1 is 0.963 bits per heavy atom. The van der Waals surface area contributed by atoms with Crippen molar-refractivity contribution in [2.24, 2.45) is 0 Å². The van der Waals surface area contributed by atoms with Gasteiger partial charge in [0.25, 0.3) is 11.2 Å². The predicted octanol–water partition coefficient (Wildman–Crippen LogP) is 4.49. The Bertz CT molecular complexity index is 1030. The van der Waals surface area contributed by atoms with E-state index in [9.17, 15) is 28.1 Å². The Balaban J connectivity index is 2.11. The van der Waals surface area contributed by atoms with Gasteiger partial charge in [-0.1, -0.05) is 42.5 Å². The van der Waals surface area contributed by atoms with E-state index < -0.39 is 22.2 Å². The van der Waals surface area contributed by atoms with Crippen LogP contribution in [0, 0.1) is 10.1 Å². The molecule has 0 aliphatic carbocycles. The molecule has 0 radical (unpaired) electrons. The number of nitrogens with zero attached hydrogens (tertiary/aromatic N) is 2. The molecule has 0 N–H and O–H groups in total. The van der Waals surface area contributed by atoms with Crippen molar-refractivity contribution in [3.8, 4) is 11.3 Å². The van der Waals surface area contributed by atoms with Gasteiger partial charge in [0.2, 0.25) is 0 Å². The Hall–Kier alpha value is -3.42. The predicted molar refractivity (Wildman–Crippen MR) is 93.3 cm³/mol. The summed E-state index contributed by atoms with van der Waals surface area (Å²) < 4.78 is 40.6. The number of rotatable bonds is 4. The molecule has 0 atom stereocenters. The van der Waals surface area contributed by atoms with E-state index in [4.69, 9.17) is 0 Å². The lowest BCUT2D eigenvalue weighted by Crippen LogP contribution is -2.24. The van der Waals surface area contributed by atoms with Crippen LogP contribution in [-0.2, 0) is 12.7 Å². The molecule has 0 bridgehead atoms. The molecule has 5 nitrogen and oxygen atoms in total. The van der Waals surface area contributed by atoms with Crippen molar-refractivity contribution in [2.75, 3.05) is 0 Å². The van der Waals surface area contributed by atoms with Crippen molar-refractivity contribution in [3.63, 3.8) is 0 Å². The summed E-state index contributed by atoms with van der Waals surface area (Å²) in [5.74, 6) is 0. The standard InChI is InChI=1S/C19H13F3N2O3/c20-19(21,22)15-10-17(14-4-2-1-3-5-14)23(18(25)11-15)12-13-6-8-16(9-7-13)24(26)27/h1-11H,12H2. The maximum atomic E-state index is 13.1. The van der Waals surface area contributed by atoms with Crippen LogP contribution in [0.15, 0.2) is 71.5 Å². The van der Waals surface area contributed by atoms with Gasteiger partial charge in [0.15, 0.2) is 0 Å². The van der Waals surface area contributed by atoms with Crippen LogP contribution in [0.2, 0.25) is 0 Å². The quantitative estimate of drug-likeness (QED) is 0.499. The summed E-state index contributed by atoms with van der Waals surface area (Å²) in [7, 11) is 0. The van der Waals surface area contributed by atoms with E-state index >= 15 is 0 Å². The second kappa shape index (κ2) is 7.06. The molecule has 0 fully saturated rings. The number of hydrogen-bond acceptors (Lipinski definition) is 3. The zero-order valence-corrected chi connectivity index (χ0v) is 13.8. The molecule has 3 rings (SSSR count). The first kappa shape index (κ1) is 18.4. The molecule has 138 valence electrons. The first-order chi connectivity index (χ1) is 12.8. The number of hydrogen-bond donors (Lipinski definition) is 0. The van der Waals surface area contributed by atoms with E-state index in [1.165, 1.54) is 28.8 Å². The van der Waals surface area contributed by atoms with Crippen LogP contribution < -0.4 is 5.56 Å². The number of benzene rings is 2. The monoisotopic (exact) mass is 374 g/mol. The van der Waals surface area contributed by atoms with E-state index in [0.29, 0.717) is 17.2 Å². The van der Waals surface area contributed by atoms with Gasteiger partial charge in [-0.2, -0.15) is 13.2 Å². The van der Waals surface area contributed by atoms with Gasteiger partial charge >= 0.3 is 6.18 Å². The molecular formula is C19H13F3N2O3. The molecule has 3 aromatic rings. The number of pyridine rings is 1. The van der Waals surface area contributed by atoms with Crippen LogP contribution in [0.25, 0.3) is 11.3 Å². The smallest absolute Gasteiger partial charge is 0.304 e. The minimum absolute atomic E-state index is 0.0147. The van der Waals surface area contributed by atoms with E-state index in [-0.39, 0.29) is 17.9 Å². The summed E-state index contributed by atoms with van der Waals surface area (Å²) in [5.41, 5.74) is -0.800. The van der Waals surface area contributed by atoms with Gasteiger partial charge in [-0.15, -0.1) is 0 Å². The molecule has 0 saturated heterocycles. The number of alkyl halides is 3. The highest BCUT2D eigenvalue weighted by Crippen LogP contribution is 2.31. The normalized spacial score (nSPS) is 11.4. The molecule has 0 amide bonds. The molecule has 2 aromatic carbocycles. The third-order valence-electron chi connectivity index (χ3n) is 4.01. The first-order valence-electron chi connectivity index (χ1n) is 7.86.